The highest BCUT2D eigenvalue weighted by molar-refractivity contribution is 5.96. The van der Waals surface area contributed by atoms with E-state index >= 15 is 0 Å². The number of carbonyl (C=O) groups excluding carboxylic acids is 5. The number of fused-ring (bicyclic) bond motifs is 16. The van der Waals surface area contributed by atoms with Crippen LogP contribution >= 0.6 is 0 Å². The predicted octanol–water partition coefficient (Wildman–Crippen LogP) is 7.71. The smallest absolute Gasteiger partial charge is 0.416 e. The summed E-state index contributed by atoms with van der Waals surface area (Å²) in [4.78, 5) is 83.6. The largest absolute Gasteiger partial charge is 0.486 e. The molecule has 7 rings (SSSR count). The van der Waals surface area contributed by atoms with Gasteiger partial charge in [0.05, 0.1) is 17.2 Å². The fourth-order valence-corrected chi connectivity index (χ4v) is 7.96. The van der Waals surface area contributed by atoms with Gasteiger partial charge < -0.3 is 25.8 Å². The van der Waals surface area contributed by atoms with E-state index < -0.39 is 108 Å². The lowest BCUT2D eigenvalue weighted by atomic mass is 9.89. The highest BCUT2D eigenvalue weighted by Crippen LogP contribution is 2.31. The van der Waals surface area contributed by atoms with E-state index in [9.17, 15) is 60.2 Å². The van der Waals surface area contributed by atoms with E-state index in [4.69, 9.17) is 4.74 Å². The normalized spacial score (nSPS) is 19.2. The first-order valence-corrected chi connectivity index (χ1v) is 22.1. The molecule has 3 amide bonds. The van der Waals surface area contributed by atoms with Crippen molar-refractivity contribution in [2.75, 3.05) is 6.61 Å². The summed E-state index contributed by atoms with van der Waals surface area (Å²) in [6, 6.07) is 27.3. The number of carboxylic acids is 1. The molecule has 0 saturated heterocycles. The van der Waals surface area contributed by atoms with Gasteiger partial charge in [-0.05, 0) is 89.9 Å². The third-order valence-corrected chi connectivity index (χ3v) is 11.8. The van der Waals surface area contributed by atoms with Crippen LogP contribution in [0.5, 0.6) is 5.75 Å². The highest BCUT2D eigenvalue weighted by atomic mass is 19.4. The molecule has 2 bridgehead atoms. The van der Waals surface area contributed by atoms with Gasteiger partial charge in [0.2, 0.25) is 17.7 Å². The summed E-state index contributed by atoms with van der Waals surface area (Å²) in [5, 5.41) is 18.1. The van der Waals surface area contributed by atoms with Gasteiger partial charge in [-0.15, -0.1) is 0 Å². The number of amides is 3. The first-order valence-electron chi connectivity index (χ1n) is 22.1. The predicted molar refractivity (Wildman–Crippen MR) is 241 cm³/mol. The third-order valence-electron chi connectivity index (χ3n) is 11.8. The molecule has 0 fully saturated rings. The molecule has 11 nitrogen and oxygen atoms in total. The van der Waals surface area contributed by atoms with Gasteiger partial charge in [-0.3, -0.25) is 24.0 Å². The van der Waals surface area contributed by atoms with Crippen LogP contribution in [0.15, 0.2) is 133 Å². The molecule has 0 aromatic heterocycles. The van der Waals surface area contributed by atoms with Crippen LogP contribution in [0.4, 0.5) is 26.3 Å². The summed E-state index contributed by atoms with van der Waals surface area (Å²) < 4.78 is 86.3. The molecule has 0 aliphatic carbocycles. The highest BCUT2D eigenvalue weighted by Gasteiger charge is 2.35. The number of halogens is 6. The van der Waals surface area contributed by atoms with Crippen molar-refractivity contribution in [2.45, 2.75) is 81.8 Å². The average Bonchev–Trinajstić information content (AvgIpc) is 3.31. The number of ketones is 2. The van der Waals surface area contributed by atoms with Crippen molar-refractivity contribution in [3.63, 3.8) is 0 Å². The molecule has 4 N–H and O–H groups in total. The number of hydrogen-bond acceptors (Lipinski definition) is 7. The number of carbonyl (C=O) groups is 6. The Morgan fingerprint density at radius 3 is 1.72 bits per heavy atom. The van der Waals surface area contributed by atoms with Crippen molar-refractivity contribution in [1.82, 2.24) is 16.0 Å². The summed E-state index contributed by atoms with van der Waals surface area (Å²) in [6.45, 7) is -0.512. The van der Waals surface area contributed by atoms with Gasteiger partial charge in [-0.1, -0.05) is 97.1 Å². The molecule has 5 atom stereocenters. The topological polar surface area (TPSA) is 168 Å². The molecule has 2 aliphatic rings. The van der Waals surface area contributed by atoms with Crippen LogP contribution in [0.2, 0.25) is 0 Å². The van der Waals surface area contributed by atoms with Crippen molar-refractivity contribution in [3.8, 4) is 5.75 Å². The first-order chi connectivity index (χ1) is 32.8. The van der Waals surface area contributed by atoms with E-state index in [-0.39, 0.29) is 49.8 Å². The molecule has 0 spiro atoms. The SMILES string of the molecule is O=C1COc2ccc(cc2)C[C@@H](C(=O)N[C@@H](Cc2ccccc2)C(=O)O)CC(=O)[C@@H](CCc2ccc(C(F)(F)F)cc2)NC(=O)[C@H](Cc2ccccc2)NC(=O)[C@@H](Cc2ccc(C(F)(F)F)cc2)C1. The van der Waals surface area contributed by atoms with Crippen LogP contribution in [0, 0.1) is 11.8 Å². The number of nitrogens with one attached hydrogen (secondary N) is 3. The Hall–Kier alpha value is -7.30. The Balaban J connectivity index is 1.36. The second kappa shape index (κ2) is 23.1. The molecule has 5 aromatic rings. The van der Waals surface area contributed by atoms with E-state index in [2.05, 4.69) is 16.0 Å². The number of aliphatic carboxylic acids is 1. The fourth-order valence-electron chi connectivity index (χ4n) is 7.96. The van der Waals surface area contributed by atoms with E-state index in [0.29, 0.717) is 22.3 Å². The summed E-state index contributed by atoms with van der Waals surface area (Å²) in [7, 11) is 0. The lowest BCUT2D eigenvalue weighted by Gasteiger charge is -2.26. The van der Waals surface area contributed by atoms with Gasteiger partial charge in [0.15, 0.2) is 11.6 Å². The van der Waals surface area contributed by atoms with E-state index in [1.165, 1.54) is 36.4 Å². The molecular formula is C52H49F6N3O8. The lowest BCUT2D eigenvalue weighted by Crippen LogP contribution is -2.54. The molecule has 0 unspecified atom stereocenters. The van der Waals surface area contributed by atoms with Crippen LogP contribution in [0.1, 0.15) is 58.2 Å². The molecule has 2 heterocycles. The number of aryl methyl sites for hydroxylation is 1. The molecule has 5 aromatic carbocycles. The summed E-state index contributed by atoms with van der Waals surface area (Å²) in [6.07, 6.45) is -11.0. The minimum Gasteiger partial charge on any atom is -0.486 e. The number of carboxylic acid groups (broad SMARTS) is 1. The Labute approximate surface area is 393 Å². The van der Waals surface area contributed by atoms with Crippen LogP contribution in [-0.4, -0.2) is 65.1 Å². The number of rotatable bonds is 12. The Morgan fingerprint density at radius 2 is 1.16 bits per heavy atom. The number of hydrogen-bond donors (Lipinski definition) is 4. The monoisotopic (exact) mass is 957 g/mol. The zero-order valence-electron chi connectivity index (χ0n) is 37.0. The van der Waals surface area contributed by atoms with Gasteiger partial charge in [0, 0.05) is 37.5 Å². The number of ether oxygens (including phenoxy) is 1. The van der Waals surface area contributed by atoms with E-state index in [1.807, 2.05) is 0 Å². The molecule has 0 saturated carbocycles. The maximum absolute atomic E-state index is 14.6. The van der Waals surface area contributed by atoms with Crippen molar-refractivity contribution < 1.29 is 65.0 Å². The first kappa shape index (κ1) is 51.1. The molecule has 2 aliphatic heterocycles. The van der Waals surface area contributed by atoms with Crippen molar-refractivity contribution in [2.24, 2.45) is 11.8 Å². The van der Waals surface area contributed by atoms with E-state index in [0.717, 1.165) is 24.3 Å². The maximum atomic E-state index is 14.6. The standard InChI is InChI=1S/C52H49F6N3O8/c53-51(54,55)39-18-11-32(12-19-39)17-24-43-46(63)30-38(48(65)61-45(50(67)68)28-34-9-5-2-6-10-34)26-36-15-22-42(23-16-36)69-31-41(62)29-37(25-35-13-20-40(21-14-35)52(56,57)58)47(64)60-44(49(66)59-43)27-33-7-3-1-4-8-33/h1-16,18-23,37-38,43-45H,17,24-31H2,(H,59,66)(H,60,64)(H,61,65)(H,67,68)/t37-,38+,43+,44-,45-/m0/s1. The Morgan fingerprint density at radius 1 is 0.623 bits per heavy atom. The maximum Gasteiger partial charge on any atom is 0.416 e. The van der Waals surface area contributed by atoms with Gasteiger partial charge >= 0.3 is 18.3 Å². The molecule has 17 heteroatoms. The van der Waals surface area contributed by atoms with E-state index in [1.54, 1.807) is 72.8 Å². The average molecular weight is 958 g/mol. The van der Waals surface area contributed by atoms with Crippen molar-refractivity contribution in [3.05, 3.63) is 172 Å². The summed E-state index contributed by atoms with van der Waals surface area (Å²) in [5.74, 6) is -7.26. The number of alkyl halides is 6. The quantitative estimate of drug-likeness (QED) is 0.0923. The summed E-state index contributed by atoms with van der Waals surface area (Å²) in [5.41, 5.74) is 0.537. The minimum atomic E-state index is -4.63. The van der Waals surface area contributed by atoms with Gasteiger partial charge in [-0.25, -0.2) is 4.79 Å². The Bertz CT molecular complexity index is 2560. The zero-order chi connectivity index (χ0) is 49.7. The van der Waals surface area contributed by atoms with Crippen LogP contribution in [0.25, 0.3) is 0 Å². The zero-order valence-corrected chi connectivity index (χ0v) is 37.0. The lowest BCUT2D eigenvalue weighted by molar-refractivity contribution is -0.142. The second-order valence-corrected chi connectivity index (χ2v) is 17.0. The molecule has 0 radical (unpaired) electrons. The minimum absolute atomic E-state index is 0.0294. The van der Waals surface area contributed by atoms with Crippen LogP contribution in [0.3, 0.4) is 0 Å². The fraction of sp³-hybridized carbons (Fsp3) is 0.308. The second-order valence-electron chi connectivity index (χ2n) is 17.0. The van der Waals surface area contributed by atoms with Crippen LogP contribution < -0.4 is 20.7 Å². The number of benzene rings is 5. The molecular weight excluding hydrogens is 909 g/mol. The summed E-state index contributed by atoms with van der Waals surface area (Å²) >= 11 is 0. The molecule has 69 heavy (non-hydrogen) atoms. The third kappa shape index (κ3) is 15.4. The molecule has 362 valence electrons. The van der Waals surface area contributed by atoms with Crippen LogP contribution in [-0.2, 0) is 73.2 Å². The van der Waals surface area contributed by atoms with Crippen molar-refractivity contribution in [1.29, 1.82) is 0 Å². The van der Waals surface area contributed by atoms with Crippen molar-refractivity contribution >= 4 is 35.3 Å². The number of Topliss-reactive ketones (excluding diaryl/α,β-unsaturated/α-hetero) is 2. The van der Waals surface area contributed by atoms with Gasteiger partial charge in [-0.2, -0.15) is 26.3 Å². The van der Waals surface area contributed by atoms with Gasteiger partial charge in [0.1, 0.15) is 24.4 Å². The Kier molecular flexibility index (Phi) is 17.1. The van der Waals surface area contributed by atoms with Gasteiger partial charge in [0.25, 0.3) is 0 Å².